The van der Waals surface area contributed by atoms with E-state index in [4.69, 9.17) is 5.73 Å². The minimum absolute atomic E-state index is 0.0230. The first-order valence-corrected chi connectivity index (χ1v) is 9.95. The molecule has 0 radical (unpaired) electrons. The minimum Gasteiger partial charge on any atom is -0.317 e. The third-order valence-corrected chi connectivity index (χ3v) is 6.32. The van der Waals surface area contributed by atoms with Crippen LogP contribution in [0, 0.1) is 5.92 Å². The van der Waals surface area contributed by atoms with Crippen molar-refractivity contribution in [2.24, 2.45) is 11.7 Å². The molecular formula is C18H30BIN2. The molecule has 1 unspecified atom stereocenters. The van der Waals surface area contributed by atoms with Crippen LogP contribution >= 0.6 is 22.6 Å². The first kappa shape index (κ1) is 18.3. The van der Waals surface area contributed by atoms with Crippen LogP contribution < -0.4 is 11.1 Å². The first-order valence-electron chi connectivity index (χ1n) is 8.87. The smallest absolute Gasteiger partial charge is 0.101 e. The fourth-order valence-electron chi connectivity index (χ4n) is 3.27. The molecule has 0 bridgehead atoms. The largest absolute Gasteiger partial charge is 0.317 e. The Hall–Kier alpha value is -0.0651. The molecule has 1 saturated carbocycles. The van der Waals surface area contributed by atoms with Crippen molar-refractivity contribution in [3.8, 4) is 0 Å². The average molecular weight is 412 g/mol. The molecule has 1 atom stereocenters. The molecule has 0 aliphatic heterocycles. The van der Waals surface area contributed by atoms with Crippen LogP contribution in [-0.2, 0) is 6.42 Å². The maximum absolute atomic E-state index is 6.51. The Labute approximate surface area is 150 Å². The zero-order valence-corrected chi connectivity index (χ0v) is 16.0. The zero-order chi connectivity index (χ0) is 15.8. The van der Waals surface area contributed by atoms with Crippen LogP contribution in [0.3, 0.4) is 0 Å². The summed E-state index contributed by atoms with van der Waals surface area (Å²) < 4.78 is 0.0230. The molecule has 22 heavy (non-hydrogen) atoms. The molecule has 4 heteroatoms. The second-order valence-electron chi connectivity index (χ2n) is 6.79. The maximum atomic E-state index is 6.51. The molecule has 0 spiro atoms. The lowest BCUT2D eigenvalue weighted by molar-refractivity contribution is 0.174. The van der Waals surface area contributed by atoms with Gasteiger partial charge in [0.25, 0.3) is 0 Å². The van der Waals surface area contributed by atoms with Gasteiger partial charge >= 0.3 is 0 Å². The summed E-state index contributed by atoms with van der Waals surface area (Å²) in [6.45, 7) is 1.13. The average Bonchev–Trinajstić information content (AvgIpc) is 2.46. The molecule has 0 aromatic heterocycles. The van der Waals surface area contributed by atoms with Crippen LogP contribution in [0.15, 0.2) is 30.3 Å². The maximum Gasteiger partial charge on any atom is 0.101 e. The van der Waals surface area contributed by atoms with Crippen LogP contribution in [0.4, 0.5) is 0 Å². The molecule has 0 amide bonds. The van der Waals surface area contributed by atoms with Crippen molar-refractivity contribution in [2.45, 2.75) is 60.9 Å². The number of hydrogen-bond donors (Lipinski definition) is 2. The number of benzene rings is 1. The van der Waals surface area contributed by atoms with E-state index in [1.165, 1.54) is 56.8 Å². The fourth-order valence-corrected chi connectivity index (χ4v) is 4.16. The van der Waals surface area contributed by atoms with Crippen LogP contribution in [0.25, 0.3) is 0 Å². The summed E-state index contributed by atoms with van der Waals surface area (Å²) in [5.41, 5.74) is 7.96. The monoisotopic (exact) mass is 412 g/mol. The van der Waals surface area contributed by atoms with E-state index in [0.717, 1.165) is 6.54 Å². The molecule has 2 nitrogen and oxygen atoms in total. The van der Waals surface area contributed by atoms with Crippen molar-refractivity contribution in [1.29, 1.82) is 0 Å². The van der Waals surface area contributed by atoms with Gasteiger partial charge in [-0.15, -0.1) is 0 Å². The van der Waals surface area contributed by atoms with Gasteiger partial charge in [0, 0.05) is 6.04 Å². The van der Waals surface area contributed by atoms with E-state index in [1.807, 2.05) is 0 Å². The highest BCUT2D eigenvalue weighted by Crippen LogP contribution is 2.41. The number of unbranched alkanes of at least 4 members (excludes halogenated alkanes) is 1. The third-order valence-electron chi connectivity index (χ3n) is 4.90. The van der Waals surface area contributed by atoms with Gasteiger partial charge in [-0.1, -0.05) is 72.1 Å². The van der Waals surface area contributed by atoms with Gasteiger partial charge in [0.2, 0.25) is 0 Å². The predicted octanol–water partition coefficient (Wildman–Crippen LogP) is 3.30. The Morgan fingerprint density at radius 2 is 1.91 bits per heavy atom. The van der Waals surface area contributed by atoms with Crippen LogP contribution in [0.2, 0.25) is 6.32 Å². The molecular weight excluding hydrogens is 382 g/mol. The van der Waals surface area contributed by atoms with E-state index >= 15 is 0 Å². The van der Waals surface area contributed by atoms with Crippen molar-refractivity contribution < 1.29 is 0 Å². The van der Waals surface area contributed by atoms with Crippen LogP contribution in [0.5, 0.6) is 0 Å². The number of halogens is 1. The summed E-state index contributed by atoms with van der Waals surface area (Å²) in [6.07, 6.45) is 9.97. The molecule has 1 aliphatic rings. The molecule has 3 N–H and O–H groups in total. The lowest BCUT2D eigenvalue weighted by atomic mass is 9.74. The second kappa shape index (κ2) is 9.28. The van der Waals surface area contributed by atoms with Gasteiger partial charge in [-0.05, 0) is 50.1 Å². The van der Waals surface area contributed by atoms with Gasteiger partial charge in [-0.25, -0.2) is 0 Å². The Morgan fingerprint density at radius 3 is 2.59 bits per heavy atom. The van der Waals surface area contributed by atoms with Crippen molar-refractivity contribution in [3.63, 3.8) is 0 Å². The molecule has 122 valence electrons. The highest BCUT2D eigenvalue weighted by atomic mass is 127. The van der Waals surface area contributed by atoms with Crippen molar-refractivity contribution in [2.75, 3.05) is 6.54 Å². The van der Waals surface area contributed by atoms with Gasteiger partial charge in [-0.3, -0.25) is 0 Å². The lowest BCUT2D eigenvalue weighted by Crippen LogP contribution is -2.53. The minimum atomic E-state index is 0.0230. The zero-order valence-electron chi connectivity index (χ0n) is 13.9. The molecule has 1 aromatic carbocycles. The van der Waals surface area contributed by atoms with Crippen molar-refractivity contribution in [3.05, 3.63) is 35.9 Å². The number of aryl methyl sites for hydroxylation is 1. The van der Waals surface area contributed by atoms with Gasteiger partial charge in [0.05, 0.1) is 3.55 Å². The number of nitrogens with two attached hydrogens (primary N) is 1. The van der Waals surface area contributed by atoms with E-state index in [-0.39, 0.29) is 3.55 Å². The van der Waals surface area contributed by atoms with E-state index in [9.17, 15) is 0 Å². The lowest BCUT2D eigenvalue weighted by Gasteiger charge is -2.44. The first-order chi connectivity index (χ1) is 10.6. The van der Waals surface area contributed by atoms with Gasteiger partial charge < -0.3 is 11.1 Å². The molecule has 1 aliphatic carbocycles. The van der Waals surface area contributed by atoms with E-state index in [2.05, 4.69) is 66.1 Å². The fraction of sp³-hybridized carbons (Fsp3) is 0.667. The Kier molecular flexibility index (Phi) is 7.71. The van der Waals surface area contributed by atoms with E-state index in [1.54, 1.807) is 0 Å². The number of nitrogens with one attached hydrogen (secondary N) is 1. The molecule has 0 saturated heterocycles. The van der Waals surface area contributed by atoms with E-state index < -0.39 is 0 Å². The summed E-state index contributed by atoms with van der Waals surface area (Å²) in [4.78, 5) is 0. The number of alkyl halides is 1. The SMILES string of the molecule is BCCCCC(N)(I)[C@H]1C[C@@H](NCCCc2ccccc2)C1. The molecule has 1 fully saturated rings. The number of rotatable bonds is 10. The van der Waals surface area contributed by atoms with Crippen molar-refractivity contribution in [1.82, 2.24) is 5.32 Å². The van der Waals surface area contributed by atoms with Gasteiger partial charge in [0.15, 0.2) is 0 Å². The van der Waals surface area contributed by atoms with Crippen LogP contribution in [-0.4, -0.2) is 24.0 Å². The molecule has 0 heterocycles. The molecule has 2 rings (SSSR count). The summed E-state index contributed by atoms with van der Waals surface area (Å²) in [5.74, 6) is 0.705. The topological polar surface area (TPSA) is 38.0 Å². The summed E-state index contributed by atoms with van der Waals surface area (Å²) >= 11 is 2.51. The third kappa shape index (κ3) is 5.86. The summed E-state index contributed by atoms with van der Waals surface area (Å²) in [7, 11) is 2.25. The van der Waals surface area contributed by atoms with Gasteiger partial charge in [0.1, 0.15) is 7.85 Å². The van der Waals surface area contributed by atoms with Crippen LogP contribution in [0.1, 0.15) is 44.1 Å². The second-order valence-corrected chi connectivity index (χ2v) is 8.80. The standard InChI is InChI=1S/C18H30BIN2/c19-11-5-4-10-18(20,21)16-13-17(14-16)22-12-6-9-15-7-2-1-3-8-15/h1-3,7-8,16-17,22H,4-6,9-14,19,21H2/t16-,17+,18?. The summed E-state index contributed by atoms with van der Waals surface area (Å²) in [5, 5.41) is 3.70. The quantitative estimate of drug-likeness (QED) is 0.204. The Balaban J connectivity index is 1.55. The van der Waals surface area contributed by atoms with E-state index in [0.29, 0.717) is 12.0 Å². The van der Waals surface area contributed by atoms with Crippen molar-refractivity contribution >= 4 is 30.4 Å². The normalized spacial score (nSPS) is 23.7. The molecule has 1 aromatic rings. The number of hydrogen-bond acceptors (Lipinski definition) is 2. The highest BCUT2D eigenvalue weighted by Gasteiger charge is 2.40. The Morgan fingerprint density at radius 1 is 1.18 bits per heavy atom. The Bertz CT molecular complexity index is 418. The predicted molar refractivity (Wildman–Crippen MR) is 107 cm³/mol. The summed E-state index contributed by atoms with van der Waals surface area (Å²) in [6, 6.07) is 11.5. The highest BCUT2D eigenvalue weighted by molar-refractivity contribution is 14.1. The van der Waals surface area contributed by atoms with Gasteiger partial charge in [-0.2, -0.15) is 0 Å².